The molecular formula is C14H16N2O2. The van der Waals surface area contributed by atoms with E-state index >= 15 is 0 Å². The fourth-order valence-corrected chi connectivity index (χ4v) is 2.76. The van der Waals surface area contributed by atoms with Crippen molar-refractivity contribution in [2.75, 3.05) is 0 Å². The second-order valence-electron chi connectivity index (χ2n) is 5.02. The first kappa shape index (κ1) is 12.6. The van der Waals surface area contributed by atoms with Crippen molar-refractivity contribution in [2.24, 2.45) is 5.41 Å². The fourth-order valence-electron chi connectivity index (χ4n) is 2.76. The Bertz CT molecular complexity index is 485. The van der Waals surface area contributed by atoms with Crippen molar-refractivity contribution in [1.29, 1.82) is 5.26 Å². The molecule has 0 aliphatic heterocycles. The molecule has 1 aliphatic rings. The highest BCUT2D eigenvalue weighted by Crippen LogP contribution is 2.40. The maximum Gasteiger partial charge on any atom is 0.272 e. The molecule has 4 nitrogen and oxygen atoms in total. The first-order valence-corrected chi connectivity index (χ1v) is 6.30. The van der Waals surface area contributed by atoms with Crippen LogP contribution >= 0.6 is 0 Å². The lowest BCUT2D eigenvalue weighted by molar-refractivity contribution is -0.385. The Morgan fingerprint density at radius 2 is 1.94 bits per heavy atom. The molecule has 1 aromatic rings. The number of hydrogen-bond acceptors (Lipinski definition) is 3. The molecule has 0 N–H and O–H groups in total. The first-order valence-electron chi connectivity index (χ1n) is 6.30. The van der Waals surface area contributed by atoms with Crippen LogP contribution in [0.5, 0.6) is 0 Å². The topological polar surface area (TPSA) is 66.9 Å². The Morgan fingerprint density at radius 3 is 2.56 bits per heavy atom. The molecule has 0 aromatic heterocycles. The molecule has 0 atom stereocenters. The van der Waals surface area contributed by atoms with Gasteiger partial charge < -0.3 is 0 Å². The SMILES string of the molecule is N#CC1(Cc2ccccc2[N+](=O)[O-])CCCCC1. The molecule has 2 rings (SSSR count). The summed E-state index contributed by atoms with van der Waals surface area (Å²) in [5.41, 5.74) is 0.424. The van der Waals surface area contributed by atoms with E-state index in [4.69, 9.17) is 0 Å². The Labute approximate surface area is 106 Å². The van der Waals surface area contributed by atoms with Gasteiger partial charge in [-0.05, 0) is 19.3 Å². The lowest BCUT2D eigenvalue weighted by Gasteiger charge is -2.30. The Morgan fingerprint density at radius 1 is 1.28 bits per heavy atom. The van der Waals surface area contributed by atoms with E-state index in [0.29, 0.717) is 12.0 Å². The summed E-state index contributed by atoms with van der Waals surface area (Å²) >= 11 is 0. The predicted molar refractivity (Wildman–Crippen MR) is 67.9 cm³/mol. The highest BCUT2D eigenvalue weighted by molar-refractivity contribution is 5.41. The number of para-hydroxylation sites is 1. The van der Waals surface area contributed by atoms with Crippen molar-refractivity contribution < 1.29 is 4.92 Å². The van der Waals surface area contributed by atoms with Crippen LogP contribution in [0.3, 0.4) is 0 Å². The van der Waals surface area contributed by atoms with E-state index in [1.54, 1.807) is 18.2 Å². The van der Waals surface area contributed by atoms with Crippen molar-refractivity contribution in [3.05, 3.63) is 39.9 Å². The van der Waals surface area contributed by atoms with Crippen molar-refractivity contribution in [1.82, 2.24) is 0 Å². The standard InChI is InChI=1S/C14H16N2O2/c15-11-14(8-4-1-5-9-14)10-12-6-2-3-7-13(12)16(17)18/h2-3,6-7H,1,4-5,8-10H2. The van der Waals surface area contributed by atoms with Crippen LogP contribution in [-0.2, 0) is 6.42 Å². The van der Waals surface area contributed by atoms with Crippen LogP contribution in [0.25, 0.3) is 0 Å². The molecule has 1 aromatic carbocycles. The molecule has 1 aliphatic carbocycles. The molecule has 94 valence electrons. The average molecular weight is 244 g/mol. The molecule has 0 spiro atoms. The van der Waals surface area contributed by atoms with E-state index in [9.17, 15) is 15.4 Å². The van der Waals surface area contributed by atoms with Crippen LogP contribution in [0, 0.1) is 26.9 Å². The van der Waals surface area contributed by atoms with Crippen LogP contribution in [-0.4, -0.2) is 4.92 Å². The smallest absolute Gasteiger partial charge is 0.258 e. The van der Waals surface area contributed by atoms with Crippen LogP contribution < -0.4 is 0 Å². The number of benzene rings is 1. The van der Waals surface area contributed by atoms with E-state index in [1.165, 1.54) is 12.5 Å². The summed E-state index contributed by atoms with van der Waals surface area (Å²) in [5.74, 6) is 0. The number of nitro benzene ring substituents is 1. The highest BCUT2D eigenvalue weighted by Gasteiger charge is 2.34. The molecule has 0 saturated heterocycles. The Hall–Kier alpha value is -1.89. The van der Waals surface area contributed by atoms with Gasteiger partial charge in [0.15, 0.2) is 0 Å². The summed E-state index contributed by atoms with van der Waals surface area (Å²) in [7, 11) is 0. The van der Waals surface area contributed by atoms with Gasteiger partial charge >= 0.3 is 0 Å². The van der Waals surface area contributed by atoms with E-state index in [2.05, 4.69) is 6.07 Å². The average Bonchev–Trinajstić information content (AvgIpc) is 2.40. The maximum atomic E-state index is 11.0. The molecule has 4 heteroatoms. The van der Waals surface area contributed by atoms with Gasteiger partial charge in [0, 0.05) is 11.6 Å². The molecule has 1 saturated carbocycles. The molecule has 0 unspecified atom stereocenters. The lowest BCUT2D eigenvalue weighted by atomic mass is 9.71. The summed E-state index contributed by atoms with van der Waals surface area (Å²) in [6.45, 7) is 0. The van der Waals surface area contributed by atoms with E-state index in [0.717, 1.165) is 25.7 Å². The maximum absolute atomic E-state index is 11.0. The molecule has 0 bridgehead atoms. The van der Waals surface area contributed by atoms with Crippen molar-refractivity contribution in [2.45, 2.75) is 38.5 Å². The zero-order valence-corrected chi connectivity index (χ0v) is 10.3. The summed E-state index contributed by atoms with van der Waals surface area (Å²) < 4.78 is 0. The molecule has 0 amide bonds. The van der Waals surface area contributed by atoms with Crippen LogP contribution in [0.4, 0.5) is 5.69 Å². The fraction of sp³-hybridized carbons (Fsp3) is 0.500. The largest absolute Gasteiger partial charge is 0.272 e. The van der Waals surface area contributed by atoms with E-state index in [1.807, 2.05) is 0 Å². The Balaban J connectivity index is 2.27. The minimum absolute atomic E-state index is 0.137. The Kier molecular flexibility index (Phi) is 3.61. The van der Waals surface area contributed by atoms with E-state index in [-0.39, 0.29) is 10.6 Å². The number of nitriles is 1. The normalized spacial score (nSPS) is 17.9. The zero-order valence-electron chi connectivity index (χ0n) is 10.3. The first-order chi connectivity index (χ1) is 8.67. The van der Waals surface area contributed by atoms with Gasteiger partial charge in [-0.25, -0.2) is 0 Å². The van der Waals surface area contributed by atoms with Gasteiger partial charge in [-0.1, -0.05) is 37.5 Å². The number of hydrogen-bond donors (Lipinski definition) is 0. The third kappa shape index (κ3) is 2.51. The van der Waals surface area contributed by atoms with Gasteiger partial charge in [-0.3, -0.25) is 10.1 Å². The van der Waals surface area contributed by atoms with Crippen molar-refractivity contribution in [3.8, 4) is 6.07 Å². The molecular weight excluding hydrogens is 228 g/mol. The second kappa shape index (κ2) is 5.18. The molecule has 18 heavy (non-hydrogen) atoms. The molecule has 0 radical (unpaired) electrons. The zero-order chi connectivity index (χ0) is 13.0. The predicted octanol–water partition coefficient (Wildman–Crippen LogP) is 3.61. The van der Waals surface area contributed by atoms with Crippen molar-refractivity contribution in [3.63, 3.8) is 0 Å². The third-order valence-electron chi connectivity index (χ3n) is 3.76. The summed E-state index contributed by atoms with van der Waals surface area (Å²) in [4.78, 5) is 10.6. The van der Waals surface area contributed by atoms with Gasteiger partial charge in [0.2, 0.25) is 0 Å². The molecule has 0 heterocycles. The second-order valence-corrected chi connectivity index (χ2v) is 5.02. The summed E-state index contributed by atoms with van der Waals surface area (Å²) in [6.07, 6.45) is 5.48. The number of nitrogens with zero attached hydrogens (tertiary/aromatic N) is 2. The summed E-state index contributed by atoms with van der Waals surface area (Å²) in [6, 6.07) is 9.17. The minimum Gasteiger partial charge on any atom is -0.258 e. The van der Waals surface area contributed by atoms with Gasteiger partial charge in [0.1, 0.15) is 0 Å². The number of rotatable bonds is 3. The van der Waals surface area contributed by atoms with Gasteiger partial charge in [0.05, 0.1) is 16.4 Å². The third-order valence-corrected chi connectivity index (χ3v) is 3.76. The minimum atomic E-state index is -0.398. The van der Waals surface area contributed by atoms with Gasteiger partial charge in [-0.2, -0.15) is 5.26 Å². The van der Waals surface area contributed by atoms with Crippen LogP contribution in [0.2, 0.25) is 0 Å². The van der Waals surface area contributed by atoms with E-state index < -0.39 is 5.41 Å². The molecule has 1 fully saturated rings. The van der Waals surface area contributed by atoms with Gasteiger partial charge in [0.25, 0.3) is 5.69 Å². The number of nitro groups is 1. The highest BCUT2D eigenvalue weighted by atomic mass is 16.6. The quantitative estimate of drug-likeness (QED) is 0.602. The van der Waals surface area contributed by atoms with Crippen LogP contribution in [0.15, 0.2) is 24.3 Å². The van der Waals surface area contributed by atoms with Crippen molar-refractivity contribution >= 4 is 5.69 Å². The monoisotopic (exact) mass is 244 g/mol. The van der Waals surface area contributed by atoms with Crippen LogP contribution in [0.1, 0.15) is 37.7 Å². The summed E-state index contributed by atoms with van der Waals surface area (Å²) in [5, 5.41) is 20.4. The lowest BCUT2D eigenvalue weighted by Crippen LogP contribution is -2.25. The van der Waals surface area contributed by atoms with Gasteiger partial charge in [-0.15, -0.1) is 0 Å².